The number of aromatic carboxylic acids is 1. The van der Waals surface area contributed by atoms with Crippen LogP contribution in [-0.2, 0) is 7.05 Å². The number of halogens is 1. The van der Waals surface area contributed by atoms with Crippen LogP contribution in [0.2, 0.25) is 0 Å². The molecular weight excluding hydrogens is 279 g/mol. The van der Waals surface area contributed by atoms with Crippen LogP contribution < -0.4 is 10.6 Å². The van der Waals surface area contributed by atoms with Crippen molar-refractivity contribution in [3.8, 4) is 0 Å². The van der Waals surface area contributed by atoms with Crippen LogP contribution in [0.4, 0.5) is 20.6 Å². The molecule has 0 aliphatic rings. The van der Waals surface area contributed by atoms with Crippen molar-refractivity contribution in [2.24, 2.45) is 7.05 Å². The SMILES string of the molecule is Cc1nn(C)cc1NC(=O)Nc1ccc(C(=O)O)cc1F. The van der Waals surface area contributed by atoms with E-state index in [0.717, 1.165) is 6.07 Å². The minimum Gasteiger partial charge on any atom is -0.478 e. The van der Waals surface area contributed by atoms with Crippen LogP contribution in [0.3, 0.4) is 0 Å². The minimum atomic E-state index is -1.24. The topological polar surface area (TPSA) is 96.3 Å². The first-order valence-electron chi connectivity index (χ1n) is 5.98. The molecule has 1 heterocycles. The second-order valence-corrected chi connectivity index (χ2v) is 4.38. The van der Waals surface area contributed by atoms with E-state index in [4.69, 9.17) is 5.11 Å². The number of carbonyl (C=O) groups excluding carboxylic acids is 1. The zero-order valence-corrected chi connectivity index (χ0v) is 11.3. The normalized spacial score (nSPS) is 10.2. The summed E-state index contributed by atoms with van der Waals surface area (Å²) in [5.41, 5.74) is 0.813. The van der Waals surface area contributed by atoms with Gasteiger partial charge in [0.2, 0.25) is 0 Å². The van der Waals surface area contributed by atoms with Crippen molar-refractivity contribution < 1.29 is 19.1 Å². The van der Waals surface area contributed by atoms with Gasteiger partial charge in [0.1, 0.15) is 5.82 Å². The average molecular weight is 292 g/mol. The summed E-state index contributed by atoms with van der Waals surface area (Å²) in [4.78, 5) is 22.5. The number of nitrogens with one attached hydrogen (secondary N) is 2. The highest BCUT2D eigenvalue weighted by atomic mass is 19.1. The highest BCUT2D eigenvalue weighted by Gasteiger charge is 2.12. The molecule has 7 nitrogen and oxygen atoms in total. The number of amides is 2. The third-order valence-electron chi connectivity index (χ3n) is 2.73. The quantitative estimate of drug-likeness (QED) is 0.808. The van der Waals surface area contributed by atoms with Crippen LogP contribution in [0.15, 0.2) is 24.4 Å². The van der Waals surface area contributed by atoms with Crippen LogP contribution >= 0.6 is 0 Å². The molecule has 2 amide bonds. The van der Waals surface area contributed by atoms with Gasteiger partial charge >= 0.3 is 12.0 Å². The standard InChI is InChI=1S/C13H13FN4O3/c1-7-11(6-18(2)17-7)16-13(21)15-10-4-3-8(12(19)20)5-9(10)14/h3-6H,1-2H3,(H,19,20)(H2,15,16,21). The van der Waals surface area contributed by atoms with E-state index in [1.807, 2.05) is 0 Å². The van der Waals surface area contributed by atoms with Crippen LogP contribution in [0.1, 0.15) is 16.1 Å². The van der Waals surface area contributed by atoms with E-state index in [2.05, 4.69) is 15.7 Å². The lowest BCUT2D eigenvalue weighted by atomic mass is 10.2. The molecular formula is C13H13FN4O3. The summed E-state index contributed by atoms with van der Waals surface area (Å²) in [5, 5.41) is 17.6. The lowest BCUT2D eigenvalue weighted by Crippen LogP contribution is -2.20. The maximum absolute atomic E-state index is 13.7. The Balaban J connectivity index is 2.09. The highest BCUT2D eigenvalue weighted by molar-refractivity contribution is 6.00. The Labute approximate surface area is 119 Å². The Morgan fingerprint density at radius 1 is 1.29 bits per heavy atom. The highest BCUT2D eigenvalue weighted by Crippen LogP contribution is 2.17. The number of anilines is 2. The van der Waals surface area contributed by atoms with Crippen LogP contribution in [-0.4, -0.2) is 26.9 Å². The molecule has 8 heteroatoms. The van der Waals surface area contributed by atoms with Gasteiger partial charge in [0, 0.05) is 13.2 Å². The van der Waals surface area contributed by atoms with Gasteiger partial charge in [-0.05, 0) is 25.1 Å². The van der Waals surface area contributed by atoms with Crippen molar-refractivity contribution in [1.29, 1.82) is 0 Å². The van der Waals surface area contributed by atoms with Gasteiger partial charge < -0.3 is 15.7 Å². The summed E-state index contributed by atoms with van der Waals surface area (Å²) in [6.07, 6.45) is 1.61. The first-order valence-corrected chi connectivity index (χ1v) is 5.98. The van der Waals surface area contributed by atoms with E-state index in [9.17, 15) is 14.0 Å². The summed E-state index contributed by atoms with van der Waals surface area (Å²) < 4.78 is 15.2. The van der Waals surface area contributed by atoms with Crippen LogP contribution in [0, 0.1) is 12.7 Å². The van der Waals surface area contributed by atoms with Crippen molar-refractivity contribution in [3.63, 3.8) is 0 Å². The molecule has 2 rings (SSSR count). The number of rotatable bonds is 3. The summed E-state index contributed by atoms with van der Waals surface area (Å²) in [6, 6.07) is 2.59. The Bertz CT molecular complexity index is 711. The minimum absolute atomic E-state index is 0.112. The number of nitrogens with zero attached hydrogens (tertiary/aromatic N) is 2. The summed E-state index contributed by atoms with van der Waals surface area (Å²) in [7, 11) is 1.71. The number of aryl methyl sites for hydroxylation is 2. The molecule has 0 aliphatic heterocycles. The molecule has 1 aromatic carbocycles. The number of hydrogen-bond acceptors (Lipinski definition) is 3. The van der Waals surface area contributed by atoms with Crippen LogP contribution in [0.5, 0.6) is 0 Å². The molecule has 3 N–H and O–H groups in total. The molecule has 0 atom stereocenters. The van der Waals surface area contributed by atoms with Crippen molar-refractivity contribution in [2.75, 3.05) is 10.6 Å². The number of carboxylic acid groups (broad SMARTS) is 1. The van der Waals surface area contributed by atoms with Crippen molar-refractivity contribution in [3.05, 3.63) is 41.5 Å². The van der Waals surface area contributed by atoms with Gasteiger partial charge in [-0.2, -0.15) is 5.10 Å². The summed E-state index contributed by atoms with van der Waals surface area (Å²) >= 11 is 0. The number of benzene rings is 1. The van der Waals surface area contributed by atoms with E-state index in [1.165, 1.54) is 16.8 Å². The van der Waals surface area contributed by atoms with E-state index in [-0.39, 0.29) is 11.3 Å². The molecule has 0 aliphatic carbocycles. The Hall–Kier alpha value is -2.90. The van der Waals surface area contributed by atoms with Gasteiger partial charge in [-0.3, -0.25) is 4.68 Å². The number of aromatic nitrogens is 2. The molecule has 0 spiro atoms. The maximum Gasteiger partial charge on any atom is 0.335 e. The first kappa shape index (κ1) is 14.5. The van der Waals surface area contributed by atoms with Gasteiger partial charge in [0.05, 0.1) is 22.6 Å². The average Bonchev–Trinajstić information content (AvgIpc) is 2.70. The molecule has 0 saturated carbocycles. The second kappa shape index (κ2) is 5.61. The van der Waals surface area contributed by atoms with Gasteiger partial charge in [-0.1, -0.05) is 0 Å². The van der Waals surface area contributed by atoms with E-state index in [1.54, 1.807) is 20.2 Å². The molecule has 0 saturated heterocycles. The predicted octanol–water partition coefficient (Wildman–Crippen LogP) is 2.21. The molecule has 0 fully saturated rings. The Morgan fingerprint density at radius 3 is 2.48 bits per heavy atom. The van der Waals surface area contributed by atoms with E-state index >= 15 is 0 Å². The predicted molar refractivity (Wildman–Crippen MR) is 73.9 cm³/mol. The molecule has 0 bridgehead atoms. The molecule has 21 heavy (non-hydrogen) atoms. The Morgan fingerprint density at radius 2 is 1.95 bits per heavy atom. The summed E-state index contributed by atoms with van der Waals surface area (Å²) in [5.74, 6) is -2.07. The monoisotopic (exact) mass is 292 g/mol. The lowest BCUT2D eigenvalue weighted by molar-refractivity contribution is 0.0696. The zero-order valence-electron chi connectivity index (χ0n) is 11.3. The third kappa shape index (κ3) is 3.35. The van der Waals surface area contributed by atoms with E-state index in [0.29, 0.717) is 11.4 Å². The van der Waals surface area contributed by atoms with Crippen molar-refractivity contribution >= 4 is 23.4 Å². The number of carboxylic acids is 1. The summed E-state index contributed by atoms with van der Waals surface area (Å²) in [6.45, 7) is 1.72. The molecule has 2 aromatic rings. The van der Waals surface area contributed by atoms with Gasteiger partial charge in [-0.25, -0.2) is 14.0 Å². The third-order valence-corrected chi connectivity index (χ3v) is 2.73. The zero-order chi connectivity index (χ0) is 15.6. The molecule has 0 unspecified atom stereocenters. The van der Waals surface area contributed by atoms with Crippen molar-refractivity contribution in [1.82, 2.24) is 9.78 Å². The first-order chi connectivity index (χ1) is 9.86. The molecule has 0 radical (unpaired) electrons. The Kier molecular flexibility index (Phi) is 3.88. The largest absolute Gasteiger partial charge is 0.478 e. The van der Waals surface area contributed by atoms with Gasteiger partial charge in [0.15, 0.2) is 0 Å². The smallest absolute Gasteiger partial charge is 0.335 e. The second-order valence-electron chi connectivity index (χ2n) is 4.38. The fourth-order valence-corrected chi connectivity index (χ4v) is 1.75. The fourth-order valence-electron chi connectivity index (χ4n) is 1.75. The number of urea groups is 1. The van der Waals surface area contributed by atoms with Gasteiger partial charge in [0.25, 0.3) is 0 Å². The number of hydrogen-bond donors (Lipinski definition) is 3. The molecule has 110 valence electrons. The molecule has 1 aromatic heterocycles. The van der Waals surface area contributed by atoms with Gasteiger partial charge in [-0.15, -0.1) is 0 Å². The maximum atomic E-state index is 13.7. The number of carbonyl (C=O) groups is 2. The fraction of sp³-hybridized carbons (Fsp3) is 0.154. The van der Waals surface area contributed by atoms with E-state index < -0.39 is 17.8 Å². The van der Waals surface area contributed by atoms with Crippen molar-refractivity contribution in [2.45, 2.75) is 6.92 Å². The lowest BCUT2D eigenvalue weighted by Gasteiger charge is -2.08. The van der Waals surface area contributed by atoms with Crippen LogP contribution in [0.25, 0.3) is 0 Å².